The predicted molar refractivity (Wildman–Crippen MR) is 420 cm³/mol. The van der Waals surface area contributed by atoms with Crippen LogP contribution in [0.5, 0.6) is 0 Å². The average Bonchev–Trinajstić information content (AvgIpc) is 1.63. The molecular weight excluding hydrogens is 1550 g/mol. The number of fused-ring (bicyclic) bond motifs is 10. The minimum atomic E-state index is -2.04. The van der Waals surface area contributed by atoms with E-state index in [1.165, 1.54) is 29.1 Å². The highest BCUT2D eigenvalue weighted by molar-refractivity contribution is 7.26. The summed E-state index contributed by atoms with van der Waals surface area (Å²) in [6.45, 7) is 19.3. The van der Waals surface area contributed by atoms with Crippen LogP contribution in [-0.2, 0) is 14.2 Å². The molecule has 103 heavy (non-hydrogen) atoms. The summed E-state index contributed by atoms with van der Waals surface area (Å²) in [5.41, 5.74) is 14.0. The second-order valence-electron chi connectivity index (χ2n) is 24.8. The topological polar surface area (TPSA) is 314 Å². The first-order valence-electron chi connectivity index (χ1n) is 32.0. The summed E-state index contributed by atoms with van der Waals surface area (Å²) in [5, 5.41) is 11.1. The lowest BCUT2D eigenvalue weighted by atomic mass is 10.1. The molecule has 542 valence electrons. The van der Waals surface area contributed by atoms with E-state index in [0.717, 1.165) is 147 Å². The summed E-state index contributed by atoms with van der Waals surface area (Å²) in [5.74, 6) is 1.97. The first-order chi connectivity index (χ1) is 49.0. The molecule has 3 fully saturated rings. The van der Waals surface area contributed by atoms with Crippen molar-refractivity contribution in [3.05, 3.63) is 118 Å². The summed E-state index contributed by atoms with van der Waals surface area (Å²) < 4.78 is 15.5. The predicted octanol–water partition coefficient (Wildman–Crippen LogP) is 16.9. The Bertz CT molecular complexity index is 5000. The molecule has 3 aliphatic rings. The van der Waals surface area contributed by atoms with Crippen molar-refractivity contribution in [3.8, 4) is 11.3 Å². The largest absolute Gasteiger partial charge is 0.444 e. The number of hydrogen-bond donors (Lipinski definition) is 4. The zero-order valence-electron chi connectivity index (χ0n) is 56.5. The van der Waals surface area contributed by atoms with E-state index in [0.29, 0.717) is 47.8 Å². The first-order valence-corrected chi connectivity index (χ1v) is 37.9. The van der Waals surface area contributed by atoms with Crippen LogP contribution in [0.3, 0.4) is 0 Å². The van der Waals surface area contributed by atoms with Crippen LogP contribution in [0.1, 0.15) is 70.5 Å². The summed E-state index contributed by atoms with van der Waals surface area (Å²) in [4.78, 5) is 101. The molecule has 0 aliphatic carbocycles. The van der Waals surface area contributed by atoms with Crippen molar-refractivity contribution in [2.24, 2.45) is 5.73 Å². The maximum Gasteiger partial charge on any atom is 0.410 e. The van der Waals surface area contributed by atoms with Crippen LogP contribution >= 0.6 is 127 Å². The molecule has 36 heteroatoms. The molecule has 12 aromatic rings. The number of piperazine rings is 2. The highest BCUT2D eigenvalue weighted by Gasteiger charge is 2.30. The summed E-state index contributed by atoms with van der Waals surface area (Å²) in [6.07, 6.45) is 8.18. The van der Waals surface area contributed by atoms with Gasteiger partial charge in [-0.05, 0) is 167 Å². The number of hydrogen-bond acceptors (Lipinski definition) is 26. The molecule has 3 saturated heterocycles. The number of aromatic nitrogens is 10. The van der Waals surface area contributed by atoms with E-state index in [9.17, 15) is 19.2 Å². The number of thiophene rings is 4. The molecule has 3 amide bonds. The third kappa shape index (κ3) is 20.7. The second kappa shape index (κ2) is 34.5. The van der Waals surface area contributed by atoms with Crippen molar-refractivity contribution >= 4 is 245 Å². The van der Waals surface area contributed by atoms with Gasteiger partial charge in [-0.25, -0.2) is 54.3 Å². The lowest BCUT2D eigenvalue weighted by Crippen LogP contribution is -2.50. The smallest absolute Gasteiger partial charge is 0.410 e. The van der Waals surface area contributed by atoms with Gasteiger partial charge in [-0.3, -0.25) is 4.79 Å². The third-order valence-corrected chi connectivity index (χ3v) is 20.6. The van der Waals surface area contributed by atoms with Gasteiger partial charge in [-0.15, -0.1) is 45.3 Å². The zero-order valence-corrected chi connectivity index (χ0v) is 65.0. The van der Waals surface area contributed by atoms with Crippen LogP contribution in [0, 0.1) is 0 Å². The third-order valence-electron chi connectivity index (χ3n) is 15.1. The summed E-state index contributed by atoms with van der Waals surface area (Å²) >= 11 is 43.3. The zero-order chi connectivity index (χ0) is 73.9. The summed E-state index contributed by atoms with van der Waals surface area (Å²) in [6, 6.07) is 25.8. The SMILES string of the molecule is CC(C)(C)OC(=O)N1CCCCC1.CC(C)(C)OC(=O)N1CCN(c2nc(Cl)nc3c2sc2ncccc23)CC1.CNc1nc(N2CCNCC2)c2sc3nc(-c4ccccc4)ccc3c2n1.Clc1nc(Cl)c2sc3ncccc3c2n1.NC(=O)c1sc2ncccc2c1N.O=C(Cl)OC(Cl)(Cl)Cl. The van der Waals surface area contributed by atoms with Gasteiger partial charge in [-0.1, -0.05) is 41.9 Å². The molecule has 11 aromatic heterocycles. The number of carbonyl (C=O) groups is 4. The number of pyridine rings is 4. The fraction of sp³-hybridized carbons (Fsp3) is 0.343. The standard InChI is InChI=1S/C20H20N6S.C18H20ClN5O2S.C10H19NO2.C9H3Cl2N3S.C8H7N3OS.C2Cl4O2/c1-21-20-24-16-14-7-8-15(13-5-3-2-4-6-13)23-19(14)27-17(16)18(25-20)26-11-9-22-10-12-26;1-18(2,3)26-17(25)24-9-7-23(8-10-24)14-13-12(21-16(19)22-14)11-5-4-6-20-15(11)27-13;1-10(2,3)13-9(12)11-7-5-4-6-8-11;10-7-6-5(13-9(11)14-7)4-2-1-3-12-8(4)15-6;9-5-4-2-1-3-11-8(4)13-6(5)7(10)12;3-1(7)8-2(4,5)6/h2-8,22H,9-12H2,1H3,(H,21,24,25);4-6H,7-10H2,1-3H3;4-8H2,1-3H3;1-3H;1-3H,9H2,(H2,10,12);. The number of ether oxygens (including phenoxy) is 3. The Hall–Kier alpha value is -7.65. The maximum atomic E-state index is 12.3. The molecule has 0 unspecified atom stereocenters. The van der Waals surface area contributed by atoms with Gasteiger partial charge in [0.05, 0.1) is 42.0 Å². The molecule has 14 heterocycles. The van der Waals surface area contributed by atoms with Crippen LogP contribution in [0.15, 0.2) is 97.5 Å². The van der Waals surface area contributed by atoms with E-state index in [2.05, 4.69) is 95.9 Å². The number of piperidine rings is 1. The van der Waals surface area contributed by atoms with Crippen molar-refractivity contribution in [2.75, 3.05) is 93.3 Å². The number of carbonyl (C=O) groups excluding carboxylic acids is 4. The molecule has 0 radical (unpaired) electrons. The fourth-order valence-electron chi connectivity index (χ4n) is 10.6. The number of anilines is 4. The Morgan fingerprint density at radius 3 is 1.53 bits per heavy atom. The van der Waals surface area contributed by atoms with Gasteiger partial charge in [0.25, 0.3) is 5.91 Å². The van der Waals surface area contributed by atoms with Gasteiger partial charge in [0.2, 0.25) is 16.5 Å². The number of primary amides is 1. The molecule has 0 bridgehead atoms. The number of nitrogens with one attached hydrogen (secondary N) is 2. The first kappa shape index (κ1) is 78.0. The highest BCUT2D eigenvalue weighted by Crippen LogP contribution is 2.41. The average molecular weight is 1610 g/mol. The molecule has 15 rings (SSSR count). The van der Waals surface area contributed by atoms with E-state index in [-0.39, 0.29) is 28.4 Å². The Kier molecular flexibility index (Phi) is 26.1. The van der Waals surface area contributed by atoms with Gasteiger partial charge >= 0.3 is 21.6 Å². The fourth-order valence-corrected chi connectivity index (χ4v) is 15.8. The number of alkyl halides is 3. The highest BCUT2D eigenvalue weighted by atomic mass is 35.6. The minimum Gasteiger partial charge on any atom is -0.444 e. The number of amides is 3. The molecule has 0 atom stereocenters. The molecule has 0 spiro atoms. The van der Waals surface area contributed by atoms with Crippen LogP contribution < -0.4 is 31.9 Å². The lowest BCUT2D eigenvalue weighted by Gasteiger charge is -2.36. The van der Waals surface area contributed by atoms with Crippen LogP contribution in [0.4, 0.5) is 37.7 Å². The number of nitrogens with two attached hydrogens (primary N) is 2. The van der Waals surface area contributed by atoms with Gasteiger partial charge in [0.1, 0.15) is 35.4 Å². The van der Waals surface area contributed by atoms with Crippen LogP contribution in [0.25, 0.3) is 82.8 Å². The Morgan fingerprint density at radius 2 is 1.01 bits per heavy atom. The monoisotopic (exact) mass is 1610 g/mol. The molecule has 0 saturated carbocycles. The number of halogens is 7. The number of nitrogens with zero attached hydrogens (tertiary/aromatic N) is 14. The van der Waals surface area contributed by atoms with Crippen LogP contribution in [-0.4, -0.2) is 171 Å². The number of likely N-dealkylation sites (tertiary alicyclic amines) is 1. The normalized spacial score (nSPS) is 14.1. The van der Waals surface area contributed by atoms with Crippen molar-refractivity contribution < 1.29 is 33.4 Å². The van der Waals surface area contributed by atoms with Crippen molar-refractivity contribution in [1.82, 2.24) is 65.0 Å². The minimum absolute atomic E-state index is 0.160. The second-order valence-corrected chi connectivity index (χ2v) is 32.3. The van der Waals surface area contributed by atoms with Crippen LogP contribution in [0.2, 0.25) is 15.7 Å². The lowest BCUT2D eigenvalue weighted by molar-refractivity contribution is 0.0212. The van der Waals surface area contributed by atoms with Gasteiger partial charge in [0, 0.05) is 130 Å². The van der Waals surface area contributed by atoms with E-state index in [4.69, 9.17) is 105 Å². The number of rotatable bonds is 5. The van der Waals surface area contributed by atoms with Crippen molar-refractivity contribution in [3.63, 3.8) is 0 Å². The van der Waals surface area contributed by atoms with E-state index >= 15 is 0 Å². The molecule has 25 nitrogen and oxygen atoms in total. The van der Waals surface area contributed by atoms with E-state index < -0.39 is 20.9 Å². The molecular formula is C67H69Cl7N18O7S4. The van der Waals surface area contributed by atoms with Gasteiger partial charge in [-0.2, -0.15) is 9.97 Å². The van der Waals surface area contributed by atoms with E-state index in [1.54, 1.807) is 57.1 Å². The Labute approximate surface area is 642 Å². The summed E-state index contributed by atoms with van der Waals surface area (Å²) in [7, 11) is 1.86. The van der Waals surface area contributed by atoms with Gasteiger partial charge < -0.3 is 55.9 Å². The number of benzene rings is 1. The molecule has 1 aromatic carbocycles. The van der Waals surface area contributed by atoms with Crippen molar-refractivity contribution in [2.45, 2.75) is 76.0 Å². The quantitative estimate of drug-likeness (QED) is 0.0409. The number of nitrogen functional groups attached to an aromatic ring is 1. The molecule has 3 aliphatic heterocycles. The van der Waals surface area contributed by atoms with Gasteiger partial charge in [0.15, 0.2) is 16.8 Å². The Morgan fingerprint density at radius 1 is 0.524 bits per heavy atom. The maximum absolute atomic E-state index is 12.3. The molecule has 6 N–H and O–H groups in total. The Balaban J connectivity index is 0.000000139. The van der Waals surface area contributed by atoms with Crippen molar-refractivity contribution in [1.29, 1.82) is 0 Å². The van der Waals surface area contributed by atoms with E-state index in [1.807, 2.05) is 97.1 Å².